The van der Waals surface area contributed by atoms with Crippen molar-refractivity contribution < 1.29 is 9.59 Å². The Morgan fingerprint density at radius 1 is 0.852 bits per heavy atom. The van der Waals surface area contributed by atoms with Crippen LogP contribution in [0.3, 0.4) is 0 Å². The number of allylic oxidation sites excluding steroid dienone is 2. The molecular weight excluding hydrogens is 358 g/mol. The van der Waals surface area contributed by atoms with Gasteiger partial charge in [-0.1, -0.05) is 54.1 Å². The van der Waals surface area contributed by atoms with Crippen molar-refractivity contribution in [2.75, 3.05) is 4.90 Å². The zero-order valence-corrected chi connectivity index (χ0v) is 15.3. The van der Waals surface area contributed by atoms with Gasteiger partial charge in [0, 0.05) is 5.02 Å². The lowest BCUT2D eigenvalue weighted by atomic mass is 9.85. The minimum absolute atomic E-state index is 0.0396. The van der Waals surface area contributed by atoms with Gasteiger partial charge in [0.1, 0.15) is 0 Å². The van der Waals surface area contributed by atoms with Crippen molar-refractivity contribution in [2.45, 2.75) is 12.3 Å². The van der Waals surface area contributed by atoms with Crippen LogP contribution < -0.4 is 4.90 Å². The molecule has 3 nitrogen and oxygen atoms in total. The van der Waals surface area contributed by atoms with Crippen LogP contribution in [0.15, 0.2) is 66.7 Å². The Labute approximate surface area is 162 Å². The molecule has 1 heterocycles. The maximum absolute atomic E-state index is 13.3. The Balaban J connectivity index is 1.36. The molecule has 3 aliphatic carbocycles. The van der Waals surface area contributed by atoms with Gasteiger partial charge in [-0.05, 0) is 59.4 Å². The first-order valence-electron chi connectivity index (χ1n) is 9.49. The molecule has 2 aromatic carbocycles. The highest BCUT2D eigenvalue weighted by Gasteiger charge is 2.77. The molecule has 1 aliphatic heterocycles. The highest BCUT2D eigenvalue weighted by molar-refractivity contribution is 6.30. The molecule has 27 heavy (non-hydrogen) atoms. The first-order valence-corrected chi connectivity index (χ1v) is 9.87. The smallest absolute Gasteiger partial charge is 0.238 e. The number of halogens is 1. The van der Waals surface area contributed by atoms with E-state index in [0.29, 0.717) is 16.6 Å². The molecule has 6 rings (SSSR count). The van der Waals surface area contributed by atoms with E-state index in [2.05, 4.69) is 36.4 Å². The molecule has 1 spiro atoms. The second-order valence-corrected chi connectivity index (χ2v) is 8.69. The number of anilines is 1. The molecule has 5 atom stereocenters. The van der Waals surface area contributed by atoms with E-state index in [0.717, 1.165) is 6.42 Å². The van der Waals surface area contributed by atoms with Crippen LogP contribution in [-0.4, -0.2) is 11.8 Å². The van der Waals surface area contributed by atoms with Gasteiger partial charge in [-0.2, -0.15) is 0 Å². The fourth-order valence-corrected chi connectivity index (χ4v) is 6.31. The van der Waals surface area contributed by atoms with Gasteiger partial charge in [-0.15, -0.1) is 0 Å². The minimum atomic E-state index is -0.211. The molecule has 3 fully saturated rings. The lowest BCUT2D eigenvalue weighted by Gasteiger charge is -2.23. The van der Waals surface area contributed by atoms with E-state index in [1.165, 1.54) is 10.5 Å². The van der Waals surface area contributed by atoms with Crippen LogP contribution in [0.25, 0.3) is 0 Å². The topological polar surface area (TPSA) is 37.4 Å². The number of amides is 2. The molecule has 4 aliphatic rings. The first kappa shape index (κ1) is 15.6. The number of hydrogen-bond donors (Lipinski definition) is 0. The Morgan fingerprint density at radius 2 is 1.44 bits per heavy atom. The third-order valence-corrected chi connectivity index (χ3v) is 7.52. The predicted molar refractivity (Wildman–Crippen MR) is 103 cm³/mol. The van der Waals surface area contributed by atoms with Gasteiger partial charge < -0.3 is 0 Å². The number of carbonyl (C=O) groups is 2. The summed E-state index contributed by atoms with van der Waals surface area (Å²) in [6.07, 6.45) is 5.50. The van der Waals surface area contributed by atoms with E-state index >= 15 is 0 Å². The summed E-state index contributed by atoms with van der Waals surface area (Å²) in [6, 6.07) is 17.5. The number of benzene rings is 2. The number of carbonyl (C=O) groups excluding carboxylic acids is 2. The third kappa shape index (κ3) is 1.83. The fourth-order valence-electron chi connectivity index (χ4n) is 6.19. The van der Waals surface area contributed by atoms with Crippen LogP contribution in [-0.2, 0) is 9.59 Å². The summed E-state index contributed by atoms with van der Waals surface area (Å²) in [7, 11) is 0. The molecule has 2 amide bonds. The van der Waals surface area contributed by atoms with Crippen molar-refractivity contribution in [3.8, 4) is 0 Å². The van der Waals surface area contributed by atoms with Crippen molar-refractivity contribution in [1.82, 2.24) is 0 Å². The molecule has 2 aromatic rings. The van der Waals surface area contributed by atoms with Crippen molar-refractivity contribution in [3.63, 3.8) is 0 Å². The Kier molecular flexibility index (Phi) is 2.96. The number of hydrogen-bond acceptors (Lipinski definition) is 2. The molecule has 1 saturated heterocycles. The zero-order valence-electron chi connectivity index (χ0n) is 14.6. The van der Waals surface area contributed by atoms with Crippen molar-refractivity contribution in [1.29, 1.82) is 0 Å². The molecule has 0 N–H and O–H groups in total. The summed E-state index contributed by atoms with van der Waals surface area (Å²) in [6.45, 7) is 0. The standard InChI is InChI=1S/C23H18ClNO2/c24-14-6-8-15(9-7-14)25-21(26)19-16-10-11-17(20(19)22(25)27)23(16)12-18(23)13-4-2-1-3-5-13/h1-11,16-20H,12H2/t16-,17-,18-,19-,20-/m1/s1. The largest absolute Gasteiger partial charge is 0.274 e. The lowest BCUT2D eigenvalue weighted by molar-refractivity contribution is -0.123. The van der Waals surface area contributed by atoms with Gasteiger partial charge in [-0.25, -0.2) is 0 Å². The number of nitrogens with zero attached hydrogens (tertiary/aromatic N) is 1. The zero-order chi connectivity index (χ0) is 18.3. The second kappa shape index (κ2) is 5.11. The summed E-state index contributed by atoms with van der Waals surface area (Å²) < 4.78 is 0. The molecule has 2 saturated carbocycles. The monoisotopic (exact) mass is 375 g/mol. The number of fused-ring (bicyclic) bond motifs is 3. The maximum atomic E-state index is 13.3. The highest BCUT2D eigenvalue weighted by atomic mass is 35.5. The van der Waals surface area contributed by atoms with Crippen molar-refractivity contribution >= 4 is 29.1 Å². The van der Waals surface area contributed by atoms with Gasteiger partial charge in [0.05, 0.1) is 17.5 Å². The highest BCUT2D eigenvalue weighted by Crippen LogP contribution is 2.79. The summed E-state index contributed by atoms with van der Waals surface area (Å²) in [5.41, 5.74) is 2.05. The van der Waals surface area contributed by atoms with Crippen LogP contribution >= 0.6 is 11.6 Å². The van der Waals surface area contributed by atoms with E-state index in [9.17, 15) is 9.59 Å². The third-order valence-electron chi connectivity index (χ3n) is 7.27. The van der Waals surface area contributed by atoms with Gasteiger partial charge >= 0.3 is 0 Å². The average Bonchev–Trinajstić information content (AvgIpc) is 3.17. The van der Waals surface area contributed by atoms with Crippen LogP contribution in [0.5, 0.6) is 0 Å². The average molecular weight is 376 g/mol. The van der Waals surface area contributed by atoms with E-state index in [1.807, 2.05) is 6.07 Å². The Hall–Kier alpha value is -2.39. The summed E-state index contributed by atoms with van der Waals surface area (Å²) in [4.78, 5) is 27.9. The normalized spacial score (nSPS) is 38.1. The number of rotatable bonds is 2. The van der Waals surface area contributed by atoms with E-state index in [1.54, 1.807) is 24.3 Å². The first-order chi connectivity index (χ1) is 13.1. The van der Waals surface area contributed by atoms with E-state index < -0.39 is 0 Å². The fraction of sp³-hybridized carbons (Fsp3) is 0.304. The van der Waals surface area contributed by atoms with E-state index in [4.69, 9.17) is 11.6 Å². The minimum Gasteiger partial charge on any atom is -0.274 e. The van der Waals surface area contributed by atoms with Crippen molar-refractivity contribution in [3.05, 3.63) is 77.3 Å². The van der Waals surface area contributed by atoms with E-state index in [-0.39, 0.29) is 40.9 Å². The Bertz CT molecular complexity index is 965. The van der Waals surface area contributed by atoms with Crippen LogP contribution in [0.2, 0.25) is 5.02 Å². The van der Waals surface area contributed by atoms with Crippen LogP contribution in [0.4, 0.5) is 5.69 Å². The summed E-state index contributed by atoms with van der Waals surface area (Å²) in [5.74, 6) is 0.301. The van der Waals surface area contributed by atoms with Crippen molar-refractivity contribution in [2.24, 2.45) is 29.1 Å². The summed E-state index contributed by atoms with van der Waals surface area (Å²) in [5, 5.41) is 0.599. The molecule has 4 heteroatoms. The van der Waals surface area contributed by atoms with Crippen LogP contribution in [0, 0.1) is 29.1 Å². The second-order valence-electron chi connectivity index (χ2n) is 8.26. The quantitative estimate of drug-likeness (QED) is 0.575. The molecule has 0 aromatic heterocycles. The number of imide groups is 1. The molecule has 2 bridgehead atoms. The molecule has 134 valence electrons. The molecular formula is C23H18ClNO2. The Morgan fingerprint density at radius 3 is 2.04 bits per heavy atom. The van der Waals surface area contributed by atoms with Gasteiger partial charge in [0.2, 0.25) is 11.8 Å². The van der Waals surface area contributed by atoms with Gasteiger partial charge in [0.25, 0.3) is 0 Å². The molecule has 0 unspecified atom stereocenters. The lowest BCUT2D eigenvalue weighted by Crippen LogP contribution is -2.35. The van der Waals surface area contributed by atoms with Crippen LogP contribution in [0.1, 0.15) is 17.9 Å². The summed E-state index contributed by atoms with van der Waals surface area (Å²) >= 11 is 5.96. The van der Waals surface area contributed by atoms with Gasteiger partial charge in [-0.3, -0.25) is 14.5 Å². The SMILES string of the molecule is O=C1[C@H]2[C@H](C(=O)N1c1ccc(Cl)cc1)[C@H]1C=C[C@H]2C12C[C@@H]2c1ccccc1. The maximum Gasteiger partial charge on any atom is 0.238 e. The van der Waals surface area contributed by atoms with Gasteiger partial charge in [0.15, 0.2) is 0 Å². The predicted octanol–water partition coefficient (Wildman–Crippen LogP) is 4.44. The molecule has 0 radical (unpaired) electrons.